The van der Waals surface area contributed by atoms with Crippen molar-refractivity contribution in [2.75, 3.05) is 20.8 Å². The summed E-state index contributed by atoms with van der Waals surface area (Å²) in [7, 11) is 2.90. The highest BCUT2D eigenvalue weighted by Crippen LogP contribution is 2.29. The molecule has 0 bridgehead atoms. The van der Waals surface area contributed by atoms with Crippen molar-refractivity contribution in [1.29, 1.82) is 5.26 Å². The maximum absolute atomic E-state index is 11.5. The number of ether oxygens (including phenoxy) is 3. The number of hydrogen-bond donors (Lipinski definition) is 1. The van der Waals surface area contributed by atoms with E-state index < -0.39 is 11.9 Å². The lowest BCUT2D eigenvalue weighted by molar-refractivity contribution is -0.149. The number of carbonyl (C=O) groups excluding carboxylic acids is 2. The Morgan fingerprint density at radius 2 is 2.04 bits per heavy atom. The zero-order chi connectivity index (χ0) is 18.1. The summed E-state index contributed by atoms with van der Waals surface area (Å²) < 4.78 is 15.6. The molecular weight excluding hydrogens is 312 g/mol. The molecular formula is C17H20N2O5. The van der Waals surface area contributed by atoms with E-state index in [9.17, 15) is 9.59 Å². The summed E-state index contributed by atoms with van der Waals surface area (Å²) >= 11 is 0. The van der Waals surface area contributed by atoms with Gasteiger partial charge in [-0.1, -0.05) is 6.07 Å². The zero-order valence-electron chi connectivity index (χ0n) is 14.1. The third-order valence-electron chi connectivity index (χ3n) is 2.80. The fourth-order valence-corrected chi connectivity index (χ4v) is 1.78. The first-order chi connectivity index (χ1) is 11.4. The van der Waals surface area contributed by atoms with Gasteiger partial charge in [0.1, 0.15) is 11.6 Å². The van der Waals surface area contributed by atoms with Gasteiger partial charge < -0.3 is 19.5 Å². The highest BCUT2D eigenvalue weighted by atomic mass is 16.6. The predicted molar refractivity (Wildman–Crippen MR) is 87.4 cm³/mol. The molecule has 0 aliphatic carbocycles. The average Bonchev–Trinajstić information content (AvgIpc) is 2.56. The van der Waals surface area contributed by atoms with E-state index in [0.29, 0.717) is 17.1 Å². The first kappa shape index (κ1) is 19.0. The highest BCUT2D eigenvalue weighted by Gasteiger charge is 2.11. The lowest BCUT2D eigenvalue weighted by Gasteiger charge is -2.12. The van der Waals surface area contributed by atoms with Gasteiger partial charge in [0.15, 0.2) is 18.1 Å². The number of benzene rings is 1. The minimum atomic E-state index is -0.484. The molecule has 0 saturated carbocycles. The van der Waals surface area contributed by atoms with Gasteiger partial charge in [0.05, 0.1) is 13.2 Å². The molecule has 0 atom stereocenters. The molecule has 0 radical (unpaired) electrons. The Hall–Kier alpha value is -3.01. The number of carbonyl (C=O) groups is 2. The summed E-state index contributed by atoms with van der Waals surface area (Å²) in [6.07, 6.45) is 1.21. The van der Waals surface area contributed by atoms with Gasteiger partial charge in [-0.2, -0.15) is 5.26 Å². The second-order valence-electron chi connectivity index (χ2n) is 4.99. The smallest absolute Gasteiger partial charge is 0.344 e. The molecule has 0 unspecified atom stereocenters. The third kappa shape index (κ3) is 5.65. The zero-order valence-corrected chi connectivity index (χ0v) is 14.1. The van der Waals surface area contributed by atoms with Crippen LogP contribution in [0.25, 0.3) is 6.08 Å². The molecule has 0 aliphatic heterocycles. The van der Waals surface area contributed by atoms with E-state index in [1.54, 1.807) is 32.0 Å². The van der Waals surface area contributed by atoms with Gasteiger partial charge in [0.25, 0.3) is 5.91 Å². The molecule has 1 aromatic rings. The summed E-state index contributed by atoms with van der Waals surface area (Å²) in [6, 6.07) is 6.66. The van der Waals surface area contributed by atoms with Crippen LogP contribution in [-0.2, 0) is 14.3 Å². The largest absolute Gasteiger partial charge is 0.493 e. The molecule has 128 valence electrons. The molecule has 0 saturated heterocycles. The van der Waals surface area contributed by atoms with Crippen LogP contribution in [0, 0.1) is 11.3 Å². The van der Waals surface area contributed by atoms with Gasteiger partial charge in [-0.15, -0.1) is 0 Å². The number of methoxy groups -OCH3 is 1. The standard InChI is InChI=1S/C17H20N2O5/c1-11(2)24-16(20)10-23-14-6-5-12(8-15(14)22-4)7-13(9-18)17(21)19-3/h5-8,11H,10H2,1-4H3,(H,19,21)/b13-7-. The molecule has 0 aromatic heterocycles. The second-order valence-corrected chi connectivity index (χ2v) is 4.99. The molecule has 7 heteroatoms. The van der Waals surface area contributed by atoms with Crippen molar-refractivity contribution >= 4 is 18.0 Å². The number of nitriles is 1. The van der Waals surface area contributed by atoms with E-state index in [1.807, 2.05) is 6.07 Å². The van der Waals surface area contributed by atoms with Crippen molar-refractivity contribution in [1.82, 2.24) is 5.32 Å². The minimum Gasteiger partial charge on any atom is -0.493 e. The van der Waals surface area contributed by atoms with E-state index >= 15 is 0 Å². The summed E-state index contributed by atoms with van der Waals surface area (Å²) in [6.45, 7) is 3.25. The molecule has 1 amide bonds. The maximum atomic E-state index is 11.5. The van der Waals surface area contributed by atoms with Gasteiger partial charge in [-0.3, -0.25) is 4.79 Å². The molecule has 24 heavy (non-hydrogen) atoms. The Morgan fingerprint density at radius 1 is 1.33 bits per heavy atom. The van der Waals surface area contributed by atoms with Gasteiger partial charge in [0, 0.05) is 7.05 Å². The SMILES string of the molecule is CNC(=O)/C(C#N)=C\c1ccc(OCC(=O)OC(C)C)c(OC)c1. The Bertz CT molecular complexity index is 674. The normalized spacial score (nSPS) is 10.8. The average molecular weight is 332 g/mol. The van der Waals surface area contributed by atoms with Crippen molar-refractivity contribution in [3.63, 3.8) is 0 Å². The number of rotatable bonds is 7. The molecule has 1 aromatic carbocycles. The maximum Gasteiger partial charge on any atom is 0.344 e. The lowest BCUT2D eigenvalue weighted by Crippen LogP contribution is -2.19. The quantitative estimate of drug-likeness (QED) is 0.463. The van der Waals surface area contributed by atoms with Crippen molar-refractivity contribution in [2.45, 2.75) is 20.0 Å². The predicted octanol–water partition coefficient (Wildman–Crippen LogP) is 1.68. The monoisotopic (exact) mass is 332 g/mol. The van der Waals surface area contributed by atoms with Crippen LogP contribution in [0.2, 0.25) is 0 Å². The van der Waals surface area contributed by atoms with Crippen LogP contribution < -0.4 is 14.8 Å². The fraction of sp³-hybridized carbons (Fsp3) is 0.353. The van der Waals surface area contributed by atoms with E-state index in [2.05, 4.69) is 5.32 Å². The van der Waals surface area contributed by atoms with E-state index in [1.165, 1.54) is 20.2 Å². The van der Waals surface area contributed by atoms with E-state index in [0.717, 1.165) is 0 Å². The second kappa shape index (κ2) is 9.20. The Morgan fingerprint density at radius 3 is 2.58 bits per heavy atom. The van der Waals surface area contributed by atoms with Gasteiger partial charge in [0.2, 0.25) is 0 Å². The number of likely N-dealkylation sites (N-methyl/N-ethyl adjacent to an activating group) is 1. The van der Waals surface area contributed by atoms with Gasteiger partial charge in [-0.05, 0) is 37.6 Å². The van der Waals surface area contributed by atoms with Gasteiger partial charge >= 0.3 is 5.97 Å². The van der Waals surface area contributed by atoms with Crippen molar-refractivity contribution in [3.05, 3.63) is 29.3 Å². The third-order valence-corrected chi connectivity index (χ3v) is 2.80. The van der Waals surface area contributed by atoms with Crippen LogP contribution in [0.3, 0.4) is 0 Å². The van der Waals surface area contributed by atoms with Crippen LogP contribution >= 0.6 is 0 Å². The van der Waals surface area contributed by atoms with Crippen LogP contribution in [-0.4, -0.2) is 38.7 Å². The lowest BCUT2D eigenvalue weighted by atomic mass is 10.1. The van der Waals surface area contributed by atoms with Crippen molar-refractivity contribution in [2.24, 2.45) is 0 Å². The number of amides is 1. The van der Waals surface area contributed by atoms with Crippen LogP contribution in [0.15, 0.2) is 23.8 Å². The minimum absolute atomic E-state index is 0.0336. The summed E-state index contributed by atoms with van der Waals surface area (Å²) in [5.74, 6) is -0.236. The first-order valence-corrected chi connectivity index (χ1v) is 7.25. The first-order valence-electron chi connectivity index (χ1n) is 7.25. The van der Waals surface area contributed by atoms with Crippen LogP contribution in [0.5, 0.6) is 11.5 Å². The molecule has 0 fully saturated rings. The Labute approximate surface area is 140 Å². The molecule has 0 spiro atoms. The Kier molecular flexibility index (Phi) is 7.30. The fourth-order valence-electron chi connectivity index (χ4n) is 1.78. The number of nitrogens with one attached hydrogen (secondary N) is 1. The van der Waals surface area contributed by atoms with E-state index in [4.69, 9.17) is 19.5 Å². The summed E-state index contributed by atoms with van der Waals surface area (Å²) in [5.41, 5.74) is 0.554. The molecule has 1 N–H and O–H groups in total. The Balaban J connectivity index is 2.93. The molecule has 0 heterocycles. The molecule has 0 aliphatic rings. The molecule has 7 nitrogen and oxygen atoms in total. The number of nitrogens with zero attached hydrogens (tertiary/aromatic N) is 1. The number of esters is 1. The summed E-state index contributed by atoms with van der Waals surface area (Å²) in [5, 5.41) is 11.4. The van der Waals surface area contributed by atoms with Crippen molar-refractivity contribution < 1.29 is 23.8 Å². The molecule has 1 rings (SSSR count). The summed E-state index contributed by atoms with van der Waals surface area (Å²) in [4.78, 5) is 23.0. The highest BCUT2D eigenvalue weighted by molar-refractivity contribution is 6.01. The van der Waals surface area contributed by atoms with Crippen LogP contribution in [0.4, 0.5) is 0 Å². The van der Waals surface area contributed by atoms with Crippen molar-refractivity contribution in [3.8, 4) is 17.6 Å². The topological polar surface area (TPSA) is 97.7 Å². The number of hydrogen-bond acceptors (Lipinski definition) is 6. The van der Waals surface area contributed by atoms with E-state index in [-0.39, 0.29) is 18.3 Å². The van der Waals surface area contributed by atoms with Gasteiger partial charge in [-0.25, -0.2) is 4.79 Å². The van der Waals surface area contributed by atoms with Crippen LogP contribution in [0.1, 0.15) is 19.4 Å².